The van der Waals surface area contributed by atoms with E-state index >= 15 is 0 Å². The van der Waals surface area contributed by atoms with E-state index in [1.54, 1.807) is 17.5 Å². The molecule has 0 saturated heterocycles. The number of rotatable bonds is 4. The molecular formula is C11H14N4S. The van der Waals surface area contributed by atoms with Crippen LogP contribution in [0, 0.1) is 6.92 Å². The quantitative estimate of drug-likeness (QED) is 0.883. The fraction of sp³-hybridized carbons (Fsp3) is 0.364. The molecular weight excluding hydrogens is 220 g/mol. The highest BCUT2D eigenvalue weighted by Gasteiger charge is 2.08. The van der Waals surface area contributed by atoms with Crippen LogP contribution in [-0.2, 0) is 0 Å². The van der Waals surface area contributed by atoms with Crippen LogP contribution in [0.25, 0.3) is 10.6 Å². The summed E-state index contributed by atoms with van der Waals surface area (Å²) in [6, 6.07) is 3.94. The summed E-state index contributed by atoms with van der Waals surface area (Å²) >= 11 is 1.57. The summed E-state index contributed by atoms with van der Waals surface area (Å²) in [6.07, 6.45) is 2.87. The van der Waals surface area contributed by atoms with Crippen LogP contribution >= 0.6 is 11.3 Å². The van der Waals surface area contributed by atoms with E-state index < -0.39 is 0 Å². The maximum absolute atomic E-state index is 4.25. The van der Waals surface area contributed by atoms with Gasteiger partial charge in [0.05, 0.1) is 0 Å². The molecule has 0 aliphatic heterocycles. The lowest BCUT2D eigenvalue weighted by molar-refractivity contribution is 0.963. The standard InChI is InChI=1S/C11H14N4S/c1-3-6-13-11-15-14-10(16-11)9-5-4-7-12-8(9)2/h4-5,7H,3,6H2,1-2H3,(H,13,15). The van der Waals surface area contributed by atoms with E-state index in [0.29, 0.717) is 0 Å². The Morgan fingerprint density at radius 3 is 3.00 bits per heavy atom. The fourth-order valence-electron chi connectivity index (χ4n) is 1.35. The van der Waals surface area contributed by atoms with Crippen molar-refractivity contribution in [1.82, 2.24) is 15.2 Å². The molecule has 2 heterocycles. The van der Waals surface area contributed by atoms with Gasteiger partial charge in [-0.2, -0.15) is 0 Å². The van der Waals surface area contributed by atoms with Crippen LogP contribution in [0.2, 0.25) is 0 Å². The van der Waals surface area contributed by atoms with Crippen molar-refractivity contribution in [3.05, 3.63) is 24.0 Å². The van der Waals surface area contributed by atoms with Gasteiger partial charge in [-0.05, 0) is 25.5 Å². The average Bonchev–Trinajstić information content (AvgIpc) is 2.75. The predicted molar refractivity (Wildman–Crippen MR) is 66.7 cm³/mol. The second-order valence-electron chi connectivity index (χ2n) is 3.48. The van der Waals surface area contributed by atoms with E-state index in [2.05, 4.69) is 27.4 Å². The number of hydrogen-bond acceptors (Lipinski definition) is 5. The average molecular weight is 234 g/mol. The van der Waals surface area contributed by atoms with Gasteiger partial charge in [0, 0.05) is 24.0 Å². The Labute approximate surface area is 98.8 Å². The summed E-state index contributed by atoms with van der Waals surface area (Å²) in [5.41, 5.74) is 2.05. The molecule has 0 bridgehead atoms. The first-order chi connectivity index (χ1) is 7.81. The van der Waals surface area contributed by atoms with Gasteiger partial charge < -0.3 is 5.32 Å². The summed E-state index contributed by atoms with van der Waals surface area (Å²) in [7, 11) is 0. The van der Waals surface area contributed by atoms with Crippen molar-refractivity contribution in [3.63, 3.8) is 0 Å². The molecule has 2 aromatic rings. The third kappa shape index (κ3) is 2.36. The zero-order valence-corrected chi connectivity index (χ0v) is 10.2. The van der Waals surface area contributed by atoms with E-state index in [9.17, 15) is 0 Å². The van der Waals surface area contributed by atoms with Crippen molar-refractivity contribution < 1.29 is 0 Å². The summed E-state index contributed by atoms with van der Waals surface area (Å²) in [6.45, 7) is 5.04. The molecule has 2 rings (SSSR count). The van der Waals surface area contributed by atoms with Crippen molar-refractivity contribution in [1.29, 1.82) is 0 Å². The Hall–Kier alpha value is -1.49. The molecule has 0 radical (unpaired) electrons. The molecule has 0 atom stereocenters. The minimum absolute atomic E-state index is 0.875. The molecule has 84 valence electrons. The number of hydrogen-bond donors (Lipinski definition) is 1. The molecule has 4 nitrogen and oxygen atoms in total. The van der Waals surface area contributed by atoms with Gasteiger partial charge in [-0.15, -0.1) is 10.2 Å². The van der Waals surface area contributed by atoms with Crippen LogP contribution in [-0.4, -0.2) is 21.7 Å². The van der Waals surface area contributed by atoms with E-state index in [-0.39, 0.29) is 0 Å². The number of nitrogens with zero attached hydrogens (tertiary/aromatic N) is 3. The van der Waals surface area contributed by atoms with Gasteiger partial charge in [0.25, 0.3) is 0 Å². The Bertz CT molecular complexity index is 467. The molecule has 0 fully saturated rings. The zero-order chi connectivity index (χ0) is 11.4. The van der Waals surface area contributed by atoms with Crippen molar-refractivity contribution in [3.8, 4) is 10.6 Å². The Morgan fingerprint density at radius 2 is 2.25 bits per heavy atom. The van der Waals surface area contributed by atoms with Gasteiger partial charge in [-0.3, -0.25) is 4.98 Å². The van der Waals surface area contributed by atoms with Crippen LogP contribution in [0.4, 0.5) is 5.13 Å². The smallest absolute Gasteiger partial charge is 0.206 e. The molecule has 0 saturated carbocycles. The molecule has 1 N–H and O–H groups in total. The third-order valence-corrected chi connectivity index (χ3v) is 3.10. The van der Waals surface area contributed by atoms with E-state index in [1.165, 1.54) is 0 Å². The lowest BCUT2D eigenvalue weighted by atomic mass is 10.2. The van der Waals surface area contributed by atoms with Crippen molar-refractivity contribution in [2.45, 2.75) is 20.3 Å². The summed E-state index contributed by atoms with van der Waals surface area (Å²) in [5.74, 6) is 0. The van der Waals surface area contributed by atoms with Crippen LogP contribution in [0.3, 0.4) is 0 Å². The molecule has 0 amide bonds. The zero-order valence-electron chi connectivity index (χ0n) is 9.40. The van der Waals surface area contributed by atoms with Gasteiger partial charge in [0.1, 0.15) is 0 Å². The minimum atomic E-state index is 0.875. The fourth-order valence-corrected chi connectivity index (χ4v) is 2.19. The monoisotopic (exact) mass is 234 g/mol. The summed E-state index contributed by atoms with van der Waals surface area (Å²) in [5, 5.41) is 13.3. The summed E-state index contributed by atoms with van der Waals surface area (Å²) in [4.78, 5) is 4.25. The van der Waals surface area contributed by atoms with Crippen LogP contribution in [0.5, 0.6) is 0 Å². The van der Waals surface area contributed by atoms with Crippen LogP contribution in [0.15, 0.2) is 18.3 Å². The molecule has 0 unspecified atom stereocenters. The first-order valence-corrected chi connectivity index (χ1v) is 6.12. The molecule has 2 aromatic heterocycles. The predicted octanol–water partition coefficient (Wildman–Crippen LogP) is 2.73. The number of anilines is 1. The highest BCUT2D eigenvalue weighted by Crippen LogP contribution is 2.27. The number of nitrogens with one attached hydrogen (secondary N) is 1. The lowest BCUT2D eigenvalue weighted by Gasteiger charge is -1.98. The number of aromatic nitrogens is 3. The topological polar surface area (TPSA) is 50.7 Å². The van der Waals surface area contributed by atoms with Gasteiger partial charge in [0.15, 0.2) is 5.01 Å². The van der Waals surface area contributed by atoms with Crippen molar-refractivity contribution in [2.75, 3.05) is 11.9 Å². The Morgan fingerprint density at radius 1 is 1.38 bits per heavy atom. The van der Waals surface area contributed by atoms with Gasteiger partial charge >= 0.3 is 0 Å². The van der Waals surface area contributed by atoms with E-state index in [1.807, 2.05) is 19.1 Å². The van der Waals surface area contributed by atoms with Gasteiger partial charge in [0.2, 0.25) is 5.13 Å². The van der Waals surface area contributed by atoms with E-state index in [4.69, 9.17) is 0 Å². The number of aryl methyl sites for hydroxylation is 1. The molecule has 16 heavy (non-hydrogen) atoms. The maximum Gasteiger partial charge on any atom is 0.206 e. The number of pyridine rings is 1. The van der Waals surface area contributed by atoms with Gasteiger partial charge in [-0.1, -0.05) is 18.3 Å². The molecule has 5 heteroatoms. The highest BCUT2D eigenvalue weighted by atomic mass is 32.1. The lowest BCUT2D eigenvalue weighted by Crippen LogP contribution is -1.98. The molecule has 0 aliphatic carbocycles. The van der Waals surface area contributed by atoms with Gasteiger partial charge in [-0.25, -0.2) is 0 Å². The maximum atomic E-state index is 4.25. The second-order valence-corrected chi connectivity index (χ2v) is 4.45. The first kappa shape index (κ1) is 11.0. The second kappa shape index (κ2) is 5.03. The Balaban J connectivity index is 2.22. The Kier molecular flexibility index (Phi) is 3.46. The summed E-state index contributed by atoms with van der Waals surface area (Å²) < 4.78 is 0. The first-order valence-electron chi connectivity index (χ1n) is 5.30. The molecule has 0 aliphatic rings. The highest BCUT2D eigenvalue weighted by molar-refractivity contribution is 7.18. The third-order valence-electron chi connectivity index (χ3n) is 2.19. The molecule has 0 spiro atoms. The van der Waals surface area contributed by atoms with Crippen LogP contribution in [0.1, 0.15) is 19.0 Å². The SMILES string of the molecule is CCCNc1nnc(-c2cccnc2C)s1. The van der Waals surface area contributed by atoms with Crippen molar-refractivity contribution >= 4 is 16.5 Å². The van der Waals surface area contributed by atoms with E-state index in [0.717, 1.165) is 34.4 Å². The van der Waals surface area contributed by atoms with Crippen molar-refractivity contribution in [2.24, 2.45) is 0 Å². The van der Waals surface area contributed by atoms with Crippen LogP contribution < -0.4 is 5.32 Å². The largest absolute Gasteiger partial charge is 0.360 e. The normalized spacial score (nSPS) is 10.4. The molecule has 0 aromatic carbocycles. The minimum Gasteiger partial charge on any atom is -0.360 e.